The summed E-state index contributed by atoms with van der Waals surface area (Å²) >= 11 is 0. The van der Waals surface area contributed by atoms with Gasteiger partial charge in [0.05, 0.1) is 31.3 Å². The summed E-state index contributed by atoms with van der Waals surface area (Å²) < 4.78 is 37.2. The van der Waals surface area contributed by atoms with Crippen molar-refractivity contribution in [3.8, 4) is 11.5 Å². The number of sulfonamides is 1. The standard InChI is InChI=1S/C22H28N2O6S/c1-15(2)21(16-9-10-19-20(14-16)30-12-6-11-29-19)23-22(25)17-7-5-8-18(13-17)31(26,27)24(3)28-4/h5,7-10,13-15,21H,6,11-12H2,1-4H3,(H,23,25)/t21-/m1/s1. The van der Waals surface area contributed by atoms with Crippen LogP contribution in [0.4, 0.5) is 0 Å². The molecule has 0 spiro atoms. The molecule has 1 heterocycles. The van der Waals surface area contributed by atoms with Gasteiger partial charge in [-0.1, -0.05) is 30.4 Å². The zero-order chi connectivity index (χ0) is 22.6. The maximum atomic E-state index is 13.0. The Morgan fingerprint density at radius 2 is 1.81 bits per heavy atom. The fourth-order valence-electron chi connectivity index (χ4n) is 3.28. The molecule has 31 heavy (non-hydrogen) atoms. The van der Waals surface area contributed by atoms with E-state index in [0.29, 0.717) is 24.7 Å². The van der Waals surface area contributed by atoms with Gasteiger partial charge in [-0.15, -0.1) is 0 Å². The molecule has 0 aliphatic carbocycles. The van der Waals surface area contributed by atoms with Crippen LogP contribution >= 0.6 is 0 Å². The van der Waals surface area contributed by atoms with Crippen LogP contribution in [0.25, 0.3) is 0 Å². The maximum absolute atomic E-state index is 13.0. The molecular formula is C22H28N2O6S. The fraction of sp³-hybridized carbons (Fsp3) is 0.409. The summed E-state index contributed by atoms with van der Waals surface area (Å²) in [4.78, 5) is 17.8. The van der Waals surface area contributed by atoms with E-state index in [-0.39, 0.29) is 28.3 Å². The van der Waals surface area contributed by atoms with Gasteiger partial charge in [-0.25, -0.2) is 8.42 Å². The van der Waals surface area contributed by atoms with Crippen molar-refractivity contribution >= 4 is 15.9 Å². The van der Waals surface area contributed by atoms with Gasteiger partial charge in [0, 0.05) is 19.0 Å². The van der Waals surface area contributed by atoms with Crippen molar-refractivity contribution in [1.82, 2.24) is 9.79 Å². The third kappa shape index (κ3) is 5.17. The van der Waals surface area contributed by atoms with Crippen LogP contribution in [0.2, 0.25) is 0 Å². The highest BCUT2D eigenvalue weighted by Gasteiger charge is 2.24. The van der Waals surface area contributed by atoms with Crippen LogP contribution in [0.15, 0.2) is 47.4 Å². The molecular weight excluding hydrogens is 420 g/mol. The number of nitrogens with zero attached hydrogens (tertiary/aromatic N) is 1. The summed E-state index contributed by atoms with van der Waals surface area (Å²) in [6.07, 6.45) is 0.811. The predicted octanol–water partition coefficient (Wildman–Crippen LogP) is 3.16. The molecule has 1 N–H and O–H groups in total. The Labute approximate surface area is 183 Å². The van der Waals surface area contributed by atoms with Crippen LogP contribution in [-0.4, -0.2) is 46.2 Å². The first kappa shape index (κ1) is 23.1. The van der Waals surface area contributed by atoms with E-state index in [1.165, 1.54) is 32.4 Å². The third-order valence-electron chi connectivity index (χ3n) is 5.07. The summed E-state index contributed by atoms with van der Waals surface area (Å²) in [6.45, 7) is 5.19. The SMILES string of the molecule is CON(C)S(=O)(=O)c1cccc(C(=O)N[C@@H](c2ccc3c(c2)OCCCO3)C(C)C)c1. The number of carbonyl (C=O) groups excluding carboxylic acids is 1. The predicted molar refractivity (Wildman–Crippen MR) is 115 cm³/mol. The van der Waals surface area contributed by atoms with E-state index in [1.54, 1.807) is 6.07 Å². The molecule has 1 amide bonds. The second-order valence-electron chi connectivity index (χ2n) is 7.58. The molecule has 0 radical (unpaired) electrons. The Morgan fingerprint density at radius 1 is 1.10 bits per heavy atom. The van der Waals surface area contributed by atoms with Crippen molar-refractivity contribution in [1.29, 1.82) is 0 Å². The lowest BCUT2D eigenvalue weighted by molar-refractivity contribution is -0.0258. The number of hydrogen-bond acceptors (Lipinski definition) is 6. The van der Waals surface area contributed by atoms with E-state index >= 15 is 0 Å². The lowest BCUT2D eigenvalue weighted by Crippen LogP contribution is -2.32. The molecule has 9 heteroatoms. The molecule has 1 aliphatic rings. The molecule has 3 rings (SSSR count). The molecule has 168 valence electrons. The molecule has 1 atom stereocenters. The molecule has 0 aromatic heterocycles. The normalized spacial score (nSPS) is 14.9. The second-order valence-corrected chi connectivity index (χ2v) is 9.51. The average Bonchev–Trinajstić information content (AvgIpc) is 3.01. The molecule has 0 saturated heterocycles. The van der Waals surface area contributed by atoms with Crippen molar-refractivity contribution in [2.75, 3.05) is 27.4 Å². The van der Waals surface area contributed by atoms with Crippen LogP contribution in [0, 0.1) is 5.92 Å². The van der Waals surface area contributed by atoms with Crippen molar-refractivity contribution in [3.63, 3.8) is 0 Å². The van der Waals surface area contributed by atoms with Crippen LogP contribution in [0.5, 0.6) is 11.5 Å². The largest absolute Gasteiger partial charge is 0.490 e. The number of hydrogen-bond donors (Lipinski definition) is 1. The van der Waals surface area contributed by atoms with Crippen molar-refractivity contribution < 1.29 is 27.5 Å². The Morgan fingerprint density at radius 3 is 2.48 bits per heavy atom. The number of benzene rings is 2. The average molecular weight is 449 g/mol. The number of ether oxygens (including phenoxy) is 2. The summed E-state index contributed by atoms with van der Waals surface area (Å²) in [5.41, 5.74) is 1.13. The molecule has 0 fully saturated rings. The van der Waals surface area contributed by atoms with E-state index in [1.807, 2.05) is 32.0 Å². The summed E-state index contributed by atoms with van der Waals surface area (Å²) in [6, 6.07) is 11.2. The highest BCUT2D eigenvalue weighted by atomic mass is 32.2. The molecule has 2 aromatic rings. The van der Waals surface area contributed by atoms with Crippen molar-refractivity contribution in [3.05, 3.63) is 53.6 Å². The Bertz CT molecular complexity index is 1040. The Balaban J connectivity index is 1.85. The van der Waals surface area contributed by atoms with Gasteiger partial charge in [-0.05, 0) is 41.8 Å². The Hall–Kier alpha value is -2.62. The number of hydroxylamine groups is 1. The number of nitrogens with one attached hydrogen (secondary N) is 1. The minimum atomic E-state index is -3.86. The minimum Gasteiger partial charge on any atom is -0.490 e. The highest BCUT2D eigenvalue weighted by molar-refractivity contribution is 7.89. The molecule has 2 aromatic carbocycles. The lowest BCUT2D eigenvalue weighted by Gasteiger charge is -2.24. The molecule has 8 nitrogen and oxygen atoms in total. The third-order valence-corrected chi connectivity index (χ3v) is 6.75. The maximum Gasteiger partial charge on any atom is 0.264 e. The van der Waals surface area contributed by atoms with Crippen LogP contribution < -0.4 is 14.8 Å². The van der Waals surface area contributed by atoms with Gasteiger partial charge < -0.3 is 14.8 Å². The van der Waals surface area contributed by atoms with Crippen LogP contribution in [0.3, 0.4) is 0 Å². The van der Waals surface area contributed by atoms with E-state index < -0.39 is 10.0 Å². The lowest BCUT2D eigenvalue weighted by atomic mass is 9.95. The van der Waals surface area contributed by atoms with Gasteiger partial charge in [-0.2, -0.15) is 0 Å². The van der Waals surface area contributed by atoms with Gasteiger partial charge in [0.1, 0.15) is 0 Å². The summed E-state index contributed by atoms with van der Waals surface area (Å²) in [5, 5.41) is 3.02. The van der Waals surface area contributed by atoms with E-state index in [4.69, 9.17) is 14.3 Å². The number of fused-ring (bicyclic) bond motifs is 1. The first-order chi connectivity index (χ1) is 14.7. The van der Waals surface area contributed by atoms with Gasteiger partial charge in [-0.3, -0.25) is 9.63 Å². The van der Waals surface area contributed by atoms with Gasteiger partial charge in [0.15, 0.2) is 11.5 Å². The van der Waals surface area contributed by atoms with E-state index in [2.05, 4.69) is 5.32 Å². The highest BCUT2D eigenvalue weighted by Crippen LogP contribution is 2.34. The van der Waals surface area contributed by atoms with Crippen molar-refractivity contribution in [2.24, 2.45) is 5.92 Å². The number of amides is 1. The molecule has 0 saturated carbocycles. The van der Waals surface area contributed by atoms with E-state index in [9.17, 15) is 13.2 Å². The van der Waals surface area contributed by atoms with Gasteiger partial charge >= 0.3 is 0 Å². The molecule has 0 bridgehead atoms. The number of carbonyl (C=O) groups is 1. The smallest absolute Gasteiger partial charge is 0.264 e. The van der Waals surface area contributed by atoms with Gasteiger partial charge in [0.25, 0.3) is 15.9 Å². The molecule has 0 unspecified atom stereocenters. The zero-order valence-electron chi connectivity index (χ0n) is 18.1. The summed E-state index contributed by atoms with van der Waals surface area (Å²) in [5.74, 6) is 1.06. The molecule has 1 aliphatic heterocycles. The minimum absolute atomic E-state index is 0.0267. The fourth-order valence-corrected chi connectivity index (χ4v) is 4.30. The zero-order valence-corrected chi connectivity index (χ0v) is 18.9. The second kappa shape index (κ2) is 9.67. The Kier molecular flexibility index (Phi) is 7.19. The van der Waals surface area contributed by atoms with Crippen molar-refractivity contribution in [2.45, 2.75) is 31.2 Å². The van der Waals surface area contributed by atoms with Gasteiger partial charge in [0.2, 0.25) is 0 Å². The first-order valence-electron chi connectivity index (χ1n) is 10.1. The first-order valence-corrected chi connectivity index (χ1v) is 11.5. The van der Waals surface area contributed by atoms with Crippen LogP contribution in [-0.2, 0) is 14.9 Å². The summed E-state index contributed by atoms with van der Waals surface area (Å²) in [7, 11) is -1.30. The monoisotopic (exact) mass is 448 g/mol. The van der Waals surface area contributed by atoms with E-state index in [0.717, 1.165) is 16.5 Å². The van der Waals surface area contributed by atoms with Crippen LogP contribution in [0.1, 0.15) is 42.2 Å². The number of rotatable bonds is 7. The topological polar surface area (TPSA) is 94.2 Å². The quantitative estimate of drug-likeness (QED) is 0.654.